The SMILES string of the molecule is C.C.C.CC.CC.CC.CC.CC.CC.CC.CC.CC.CC.CC.CC.CC(C)C.CCC.[CH3-].[CH3-].[CH3-].[CH3-].[CH3-].[CH3-].[CH3-].[CH3-].[V].[V].[V].[V].[V].[V].[W+2].c1ccc2ccccc2c1.c1ccc2ccccc2c1.c1ccccc1.c1ccccc1.c1ccccc1.c1ccccc1. The molecule has 0 bridgehead atoms. The molecule has 8 rings (SSSR count). The molecule has 93 heavy (non-hydrogen) atoms. The molecule has 0 aromatic heterocycles. The smallest absolute Gasteiger partial charge is 0.358 e. The number of hydrogen-bond donors (Lipinski definition) is 0. The van der Waals surface area contributed by atoms with E-state index in [9.17, 15) is 0 Å². The van der Waals surface area contributed by atoms with Gasteiger partial charge < -0.3 is 59.4 Å². The van der Waals surface area contributed by atoms with Gasteiger partial charge in [-0.05, 0) is 27.5 Å². The van der Waals surface area contributed by atoms with Crippen LogP contribution in [0, 0.1) is 65.3 Å². The van der Waals surface area contributed by atoms with Crippen LogP contribution >= 0.6 is 0 Å². The minimum absolute atomic E-state index is 0. The molecule has 0 saturated carbocycles. The Morgan fingerprint density at radius 3 is 0.269 bits per heavy atom. The Morgan fingerprint density at radius 1 is 0.183 bits per heavy atom. The first kappa shape index (κ1) is 198. The average Bonchev–Trinajstić information content (AvgIpc) is 3.55. The maximum Gasteiger partial charge on any atom is 2.00 e. The molecule has 6 radical (unpaired) electrons. The summed E-state index contributed by atoms with van der Waals surface area (Å²) in [6, 6.07) is 81.4. The van der Waals surface area contributed by atoms with Crippen molar-refractivity contribution in [3.63, 3.8) is 0 Å². The van der Waals surface area contributed by atoms with Crippen molar-refractivity contribution in [1.82, 2.24) is 0 Å². The van der Waals surface area contributed by atoms with Crippen LogP contribution in [0.3, 0.4) is 0 Å². The first-order chi connectivity index (χ1) is 37.1. The molecule has 0 heterocycles. The monoisotopic (exact) mass is 1690 g/mol. The van der Waals surface area contributed by atoms with Crippen LogP contribution in [0.25, 0.3) is 21.5 Å². The van der Waals surface area contributed by atoms with Crippen molar-refractivity contribution in [2.45, 2.75) is 229 Å². The molecule has 0 spiro atoms. The molecule has 0 aliphatic rings. The number of hydrogen-bond acceptors (Lipinski definition) is 0. The third-order valence-electron chi connectivity index (χ3n) is 5.98. The Kier molecular flexibility index (Phi) is 520. The normalized spacial score (nSPS) is 5.57. The van der Waals surface area contributed by atoms with Gasteiger partial charge in [-0.25, -0.2) is 0 Å². The van der Waals surface area contributed by atoms with Crippen LogP contribution in [-0.2, 0) is 132 Å². The van der Waals surface area contributed by atoms with Crippen LogP contribution in [0.4, 0.5) is 0 Å². The van der Waals surface area contributed by atoms with E-state index in [0.717, 1.165) is 5.92 Å². The Labute approximate surface area is 684 Å². The van der Waals surface area contributed by atoms with Crippen LogP contribution < -0.4 is 0 Å². The topological polar surface area (TPSA) is 0 Å². The van der Waals surface area contributed by atoms with Gasteiger partial charge in [0.05, 0.1) is 0 Å². The predicted molar refractivity (Wildman–Crippen MR) is 438 cm³/mol. The average molecular weight is 1690 g/mol. The molecule has 0 N–H and O–H groups in total. The molecule has 0 aliphatic carbocycles. The second kappa shape index (κ2) is 244. The fourth-order valence-electron chi connectivity index (χ4n) is 3.81. The molecular weight excluding hydrogens is 1520 g/mol. The van der Waals surface area contributed by atoms with E-state index in [1.54, 1.807) is 0 Å². The zero-order valence-electron chi connectivity index (χ0n) is 66.5. The van der Waals surface area contributed by atoms with Gasteiger partial charge in [0, 0.05) is 111 Å². The predicted octanol–water partition coefficient (Wildman–Crippen LogP) is 33.3. The Hall–Kier alpha value is -1.53. The van der Waals surface area contributed by atoms with E-state index in [2.05, 4.69) is 132 Å². The zero-order valence-corrected chi connectivity index (χ0v) is 77.8. The first-order valence-corrected chi connectivity index (χ1v) is 30.0. The van der Waals surface area contributed by atoms with Crippen molar-refractivity contribution < 1.29 is 132 Å². The van der Waals surface area contributed by atoms with E-state index < -0.39 is 0 Å². The van der Waals surface area contributed by atoms with Crippen LogP contribution in [0.1, 0.15) is 229 Å². The largest absolute Gasteiger partial charge is 2.00 e. The van der Waals surface area contributed by atoms with Crippen molar-refractivity contribution in [3.8, 4) is 0 Å². The summed E-state index contributed by atoms with van der Waals surface area (Å²) in [5.74, 6) is 0.833. The molecule has 0 fully saturated rings. The summed E-state index contributed by atoms with van der Waals surface area (Å²) in [6.45, 7) is 58.7. The summed E-state index contributed by atoms with van der Waals surface area (Å²) in [6.07, 6.45) is 1.25. The zero-order chi connectivity index (χ0) is 60.9. The Bertz CT molecular complexity index is 1400. The molecular formula is C86H166V6W-6. The molecule has 552 valence electrons. The minimum Gasteiger partial charge on any atom is -0.358 e. The van der Waals surface area contributed by atoms with Gasteiger partial charge in [-0.2, -0.15) is 0 Å². The van der Waals surface area contributed by atoms with Crippen molar-refractivity contribution in [2.24, 2.45) is 5.92 Å². The van der Waals surface area contributed by atoms with Crippen LogP contribution in [0.5, 0.6) is 0 Å². The second-order valence-corrected chi connectivity index (χ2v) is 11.8. The summed E-state index contributed by atoms with van der Waals surface area (Å²) in [7, 11) is 0. The van der Waals surface area contributed by atoms with Gasteiger partial charge in [0.2, 0.25) is 0 Å². The van der Waals surface area contributed by atoms with Crippen LogP contribution in [0.2, 0.25) is 0 Å². The molecule has 0 aliphatic heterocycles. The molecule has 8 aromatic carbocycles. The maximum absolute atomic E-state index is 2.17. The van der Waals surface area contributed by atoms with Gasteiger partial charge in [0.15, 0.2) is 0 Å². The van der Waals surface area contributed by atoms with E-state index >= 15 is 0 Å². The first-order valence-electron chi connectivity index (χ1n) is 30.0. The molecule has 0 unspecified atom stereocenters. The van der Waals surface area contributed by atoms with E-state index in [1.165, 1.54) is 28.0 Å². The fourth-order valence-corrected chi connectivity index (χ4v) is 3.81. The molecule has 7 heteroatoms. The summed E-state index contributed by atoms with van der Waals surface area (Å²) in [5.41, 5.74) is 0. The summed E-state index contributed by atoms with van der Waals surface area (Å²) in [5, 5.41) is 5.24. The van der Waals surface area contributed by atoms with Gasteiger partial charge in [-0.1, -0.05) is 472 Å². The minimum atomic E-state index is 0. The second-order valence-electron chi connectivity index (χ2n) is 11.8. The summed E-state index contributed by atoms with van der Waals surface area (Å²) in [4.78, 5) is 0. The summed E-state index contributed by atoms with van der Waals surface area (Å²) < 4.78 is 0. The van der Waals surface area contributed by atoms with E-state index in [1.807, 2.05) is 312 Å². The maximum atomic E-state index is 2.17. The van der Waals surface area contributed by atoms with Gasteiger partial charge >= 0.3 is 21.1 Å². The molecule has 0 nitrogen and oxygen atoms in total. The van der Waals surface area contributed by atoms with E-state index in [4.69, 9.17) is 0 Å². The standard InChI is InChI=1S/2C10H8.4C6H6.C4H10.C3H8.12C2H6.3CH4.8CH3.6V.W/c2*1-2-6-10-8-4-3-7-9(10)5-1;4*1-2-4-6-5-3-1;1-4(2)3;1-3-2;12*1-2;;;;;;;;;;;;;;;;;;/h2*1-8H;4*1-6H;4H,1-3H3;3H2,1-2H3;12*1-2H3;3*1H4;8*1H3;;;;;;;/q;;;;;;;;;;;;;;;;;;;;;;;8*-1;;;;;;;+2. The van der Waals surface area contributed by atoms with Crippen molar-refractivity contribution in [1.29, 1.82) is 0 Å². The molecule has 8 aromatic rings. The van der Waals surface area contributed by atoms with E-state index in [-0.39, 0.29) is 214 Å². The molecule has 0 amide bonds. The Balaban J connectivity index is -0.0000000164. The van der Waals surface area contributed by atoms with Crippen molar-refractivity contribution in [3.05, 3.63) is 302 Å². The quantitative estimate of drug-likeness (QED) is 0.133. The van der Waals surface area contributed by atoms with Gasteiger partial charge in [-0.15, -0.1) is 0 Å². The molecule has 0 atom stereocenters. The van der Waals surface area contributed by atoms with Crippen LogP contribution in [0.15, 0.2) is 243 Å². The third kappa shape index (κ3) is 207. The summed E-state index contributed by atoms with van der Waals surface area (Å²) >= 11 is 0. The fraction of sp³-hybridized carbons (Fsp3) is 0.395. The van der Waals surface area contributed by atoms with Crippen molar-refractivity contribution >= 4 is 21.5 Å². The number of fused-ring (bicyclic) bond motifs is 2. The number of rotatable bonds is 0. The van der Waals surface area contributed by atoms with Gasteiger partial charge in [0.25, 0.3) is 0 Å². The van der Waals surface area contributed by atoms with Crippen molar-refractivity contribution in [2.75, 3.05) is 0 Å². The van der Waals surface area contributed by atoms with Gasteiger partial charge in [-0.3, -0.25) is 0 Å². The number of benzene rings is 8. The Morgan fingerprint density at radius 2 is 0.226 bits per heavy atom. The molecule has 0 saturated heterocycles. The third-order valence-corrected chi connectivity index (χ3v) is 5.98. The van der Waals surface area contributed by atoms with Crippen LogP contribution in [-0.4, -0.2) is 0 Å². The van der Waals surface area contributed by atoms with Gasteiger partial charge in [0.1, 0.15) is 0 Å². The van der Waals surface area contributed by atoms with E-state index in [0.29, 0.717) is 0 Å².